The van der Waals surface area contributed by atoms with Gasteiger partial charge < -0.3 is 10.2 Å². The van der Waals surface area contributed by atoms with Gasteiger partial charge in [0.25, 0.3) is 0 Å². The maximum Gasteiger partial charge on any atom is 0.0234 e. The fraction of sp³-hybridized carbons (Fsp3) is 0.667. The Kier molecular flexibility index (Phi) is 5.28. The van der Waals surface area contributed by atoms with Crippen LogP contribution in [0.25, 0.3) is 0 Å². The molecular formula is C18H29N3. The molecule has 0 radical (unpaired) electrons. The minimum atomic E-state index is 0.877. The molecule has 1 aromatic rings. The molecule has 0 spiro atoms. The van der Waals surface area contributed by atoms with Crippen LogP contribution in [0, 0.1) is 12.8 Å². The summed E-state index contributed by atoms with van der Waals surface area (Å²) in [6.07, 6.45) is 2.77. The smallest absolute Gasteiger partial charge is 0.0234 e. The van der Waals surface area contributed by atoms with E-state index < -0.39 is 0 Å². The largest absolute Gasteiger partial charge is 0.316 e. The first-order chi connectivity index (χ1) is 10.3. The van der Waals surface area contributed by atoms with Crippen molar-refractivity contribution in [1.29, 1.82) is 0 Å². The van der Waals surface area contributed by atoms with Gasteiger partial charge in [0.2, 0.25) is 0 Å². The van der Waals surface area contributed by atoms with E-state index in [1.807, 2.05) is 0 Å². The highest BCUT2D eigenvalue weighted by Gasteiger charge is 2.21. The molecule has 3 heteroatoms. The lowest BCUT2D eigenvalue weighted by Gasteiger charge is -2.37. The molecule has 1 unspecified atom stereocenters. The number of rotatable bonds is 4. The first-order valence-electron chi connectivity index (χ1n) is 8.50. The van der Waals surface area contributed by atoms with Crippen LogP contribution in [0.2, 0.25) is 0 Å². The molecule has 2 aliphatic rings. The molecule has 2 fully saturated rings. The Balaban J connectivity index is 1.42. The van der Waals surface area contributed by atoms with Crippen LogP contribution in [-0.4, -0.2) is 55.6 Å². The van der Waals surface area contributed by atoms with Gasteiger partial charge >= 0.3 is 0 Å². The summed E-state index contributed by atoms with van der Waals surface area (Å²) in [5.74, 6) is 0.877. The summed E-state index contributed by atoms with van der Waals surface area (Å²) in [4.78, 5) is 5.27. The van der Waals surface area contributed by atoms with E-state index >= 15 is 0 Å². The van der Waals surface area contributed by atoms with E-state index in [2.05, 4.69) is 46.3 Å². The van der Waals surface area contributed by atoms with Gasteiger partial charge in [0.05, 0.1) is 0 Å². The molecule has 1 N–H and O–H groups in total. The molecule has 1 aromatic carbocycles. The predicted molar refractivity (Wildman–Crippen MR) is 88.5 cm³/mol. The average Bonchev–Trinajstić information content (AvgIpc) is 2.50. The number of nitrogens with zero attached hydrogens (tertiary/aromatic N) is 2. The summed E-state index contributed by atoms with van der Waals surface area (Å²) in [7, 11) is 0. The van der Waals surface area contributed by atoms with Crippen LogP contribution in [0.1, 0.15) is 24.0 Å². The van der Waals surface area contributed by atoms with Crippen LogP contribution in [0.3, 0.4) is 0 Å². The number of nitrogens with one attached hydrogen (secondary N) is 1. The van der Waals surface area contributed by atoms with Crippen LogP contribution < -0.4 is 5.32 Å². The second-order valence-corrected chi connectivity index (χ2v) is 6.78. The standard InChI is InChI=1S/C18H29N3/c1-16-4-2-5-17(12-16)14-20-8-10-21(11-9-20)15-18-6-3-7-19-13-18/h2,4-5,12,18-19H,3,6-11,13-15H2,1H3. The molecule has 3 nitrogen and oxygen atoms in total. The fourth-order valence-electron chi connectivity index (χ4n) is 3.64. The summed E-state index contributed by atoms with van der Waals surface area (Å²) in [5.41, 5.74) is 2.83. The number of hydrogen-bond acceptors (Lipinski definition) is 3. The summed E-state index contributed by atoms with van der Waals surface area (Å²) >= 11 is 0. The number of piperidine rings is 1. The maximum atomic E-state index is 3.53. The Hall–Kier alpha value is -0.900. The van der Waals surface area contributed by atoms with Gasteiger partial charge in [-0.05, 0) is 44.3 Å². The van der Waals surface area contributed by atoms with E-state index in [-0.39, 0.29) is 0 Å². The van der Waals surface area contributed by atoms with Crippen LogP contribution in [-0.2, 0) is 6.54 Å². The van der Waals surface area contributed by atoms with Crippen molar-refractivity contribution in [3.05, 3.63) is 35.4 Å². The monoisotopic (exact) mass is 287 g/mol. The molecule has 2 aliphatic heterocycles. The Bertz CT molecular complexity index is 432. The van der Waals surface area contributed by atoms with Crippen LogP contribution in [0.4, 0.5) is 0 Å². The van der Waals surface area contributed by atoms with Crippen molar-refractivity contribution < 1.29 is 0 Å². The second-order valence-electron chi connectivity index (χ2n) is 6.78. The van der Waals surface area contributed by atoms with Crippen LogP contribution in [0.15, 0.2) is 24.3 Å². The maximum absolute atomic E-state index is 3.53. The zero-order valence-electron chi connectivity index (χ0n) is 13.4. The highest BCUT2D eigenvalue weighted by atomic mass is 15.3. The van der Waals surface area contributed by atoms with Gasteiger partial charge in [0, 0.05) is 39.3 Å². The zero-order valence-corrected chi connectivity index (χ0v) is 13.4. The molecule has 0 amide bonds. The van der Waals surface area contributed by atoms with Crippen LogP contribution >= 0.6 is 0 Å². The molecule has 21 heavy (non-hydrogen) atoms. The molecule has 0 bridgehead atoms. The highest BCUT2D eigenvalue weighted by Crippen LogP contribution is 2.15. The van der Waals surface area contributed by atoms with Gasteiger partial charge in [-0.15, -0.1) is 0 Å². The molecule has 0 saturated carbocycles. The summed E-state index contributed by atoms with van der Waals surface area (Å²) in [6, 6.07) is 8.93. The van der Waals surface area contributed by atoms with Gasteiger partial charge in [0.15, 0.2) is 0 Å². The Morgan fingerprint density at radius 1 is 1.14 bits per heavy atom. The van der Waals surface area contributed by atoms with Crippen molar-refractivity contribution in [3.8, 4) is 0 Å². The number of aryl methyl sites for hydroxylation is 1. The normalized spacial score (nSPS) is 25.1. The first kappa shape index (κ1) is 15.0. The Morgan fingerprint density at radius 2 is 1.95 bits per heavy atom. The fourth-order valence-corrected chi connectivity index (χ4v) is 3.64. The lowest BCUT2D eigenvalue weighted by Crippen LogP contribution is -2.48. The molecule has 0 aromatic heterocycles. The Labute approximate surface area is 129 Å². The quantitative estimate of drug-likeness (QED) is 0.915. The molecule has 3 rings (SSSR count). The van der Waals surface area contributed by atoms with Gasteiger partial charge in [-0.2, -0.15) is 0 Å². The Morgan fingerprint density at radius 3 is 2.67 bits per heavy atom. The summed E-state index contributed by atoms with van der Waals surface area (Å²) in [6.45, 7) is 11.9. The minimum Gasteiger partial charge on any atom is -0.316 e. The van der Waals surface area contributed by atoms with Crippen molar-refractivity contribution in [2.75, 3.05) is 45.8 Å². The van der Waals surface area contributed by atoms with E-state index in [0.29, 0.717) is 0 Å². The molecule has 2 heterocycles. The first-order valence-corrected chi connectivity index (χ1v) is 8.50. The lowest BCUT2D eigenvalue weighted by molar-refractivity contribution is 0.108. The number of piperazine rings is 1. The SMILES string of the molecule is Cc1cccc(CN2CCN(CC3CCCNC3)CC2)c1. The minimum absolute atomic E-state index is 0.877. The van der Waals surface area contributed by atoms with Crippen molar-refractivity contribution in [2.45, 2.75) is 26.3 Å². The van der Waals surface area contributed by atoms with Crippen molar-refractivity contribution in [2.24, 2.45) is 5.92 Å². The third-order valence-electron chi connectivity index (χ3n) is 4.87. The van der Waals surface area contributed by atoms with E-state index in [4.69, 9.17) is 0 Å². The van der Waals surface area contributed by atoms with E-state index in [1.54, 1.807) is 0 Å². The van der Waals surface area contributed by atoms with Crippen molar-refractivity contribution in [3.63, 3.8) is 0 Å². The van der Waals surface area contributed by atoms with E-state index in [1.165, 1.54) is 69.8 Å². The van der Waals surface area contributed by atoms with Gasteiger partial charge in [-0.3, -0.25) is 4.90 Å². The molecule has 1 atom stereocenters. The number of benzene rings is 1. The summed E-state index contributed by atoms with van der Waals surface area (Å²) in [5, 5.41) is 3.53. The second kappa shape index (κ2) is 7.39. The lowest BCUT2D eigenvalue weighted by atomic mass is 9.99. The molecule has 2 saturated heterocycles. The third-order valence-corrected chi connectivity index (χ3v) is 4.87. The van der Waals surface area contributed by atoms with Crippen molar-refractivity contribution >= 4 is 0 Å². The molecular weight excluding hydrogens is 258 g/mol. The summed E-state index contributed by atoms with van der Waals surface area (Å²) < 4.78 is 0. The molecule has 0 aliphatic carbocycles. The average molecular weight is 287 g/mol. The highest BCUT2D eigenvalue weighted by molar-refractivity contribution is 5.22. The van der Waals surface area contributed by atoms with E-state index in [0.717, 1.165) is 12.5 Å². The van der Waals surface area contributed by atoms with E-state index in [9.17, 15) is 0 Å². The van der Waals surface area contributed by atoms with Gasteiger partial charge in [0.1, 0.15) is 0 Å². The number of hydrogen-bond donors (Lipinski definition) is 1. The van der Waals surface area contributed by atoms with Gasteiger partial charge in [-0.25, -0.2) is 0 Å². The molecule has 116 valence electrons. The topological polar surface area (TPSA) is 18.5 Å². The predicted octanol–water partition coefficient (Wildman–Crippen LogP) is 2.11. The van der Waals surface area contributed by atoms with Crippen molar-refractivity contribution in [1.82, 2.24) is 15.1 Å². The van der Waals surface area contributed by atoms with Crippen LogP contribution in [0.5, 0.6) is 0 Å². The van der Waals surface area contributed by atoms with Gasteiger partial charge in [-0.1, -0.05) is 29.8 Å². The third kappa shape index (κ3) is 4.53. The zero-order chi connectivity index (χ0) is 14.5.